The molecule has 1 aliphatic carbocycles. The average molecular weight is 210 g/mol. The van der Waals surface area contributed by atoms with E-state index >= 15 is 0 Å². The molecule has 0 bridgehead atoms. The topological polar surface area (TPSA) is 37.3 Å². The Kier molecular flexibility index (Phi) is 2.35. The Morgan fingerprint density at radius 3 is 2.71 bits per heavy atom. The first-order valence-corrected chi connectivity index (χ1v) is 5.78. The van der Waals surface area contributed by atoms with Crippen LogP contribution in [0.4, 0.5) is 0 Å². The van der Waals surface area contributed by atoms with Gasteiger partial charge in [-0.3, -0.25) is 4.79 Å². The summed E-state index contributed by atoms with van der Waals surface area (Å²) in [5.41, 5.74) is 1.24. The van der Waals surface area contributed by atoms with E-state index < -0.39 is 5.97 Å². The third-order valence-electron chi connectivity index (χ3n) is 3.14. The molecule has 1 fully saturated rings. The van der Waals surface area contributed by atoms with E-state index in [2.05, 4.69) is 18.4 Å². The Hall–Kier alpha value is -0.830. The van der Waals surface area contributed by atoms with E-state index in [1.165, 1.54) is 16.9 Å². The molecule has 2 nitrogen and oxygen atoms in total. The van der Waals surface area contributed by atoms with E-state index in [1.807, 2.05) is 0 Å². The summed E-state index contributed by atoms with van der Waals surface area (Å²) in [4.78, 5) is 12.1. The van der Waals surface area contributed by atoms with Crippen molar-refractivity contribution in [1.82, 2.24) is 0 Å². The van der Waals surface area contributed by atoms with Gasteiger partial charge in [-0.25, -0.2) is 0 Å². The van der Waals surface area contributed by atoms with E-state index in [4.69, 9.17) is 5.11 Å². The van der Waals surface area contributed by atoms with Crippen molar-refractivity contribution < 1.29 is 9.90 Å². The Morgan fingerprint density at radius 2 is 2.36 bits per heavy atom. The van der Waals surface area contributed by atoms with Crippen LogP contribution in [0.2, 0.25) is 0 Å². The number of aryl methyl sites for hydroxylation is 1. The second-order valence-electron chi connectivity index (χ2n) is 4.14. The van der Waals surface area contributed by atoms with Crippen molar-refractivity contribution in [1.29, 1.82) is 0 Å². The lowest BCUT2D eigenvalue weighted by Gasteiger charge is -2.40. The molecule has 1 aromatic rings. The molecule has 76 valence electrons. The molecule has 0 radical (unpaired) electrons. The molecule has 1 saturated carbocycles. The standard InChI is InChI=1S/C11H14O2S/c1-8-3-6-14-10(8)11(4-2-5-11)7-9(12)13/h3,6H,2,4-5,7H2,1H3,(H,12,13). The van der Waals surface area contributed by atoms with Crippen molar-refractivity contribution in [2.24, 2.45) is 0 Å². The summed E-state index contributed by atoms with van der Waals surface area (Å²) in [5.74, 6) is -0.669. The fourth-order valence-electron chi connectivity index (χ4n) is 2.29. The number of carbonyl (C=O) groups is 1. The molecule has 14 heavy (non-hydrogen) atoms. The molecule has 0 aromatic carbocycles. The third kappa shape index (κ3) is 1.46. The SMILES string of the molecule is Cc1ccsc1C1(CC(=O)O)CCC1. The van der Waals surface area contributed by atoms with E-state index in [1.54, 1.807) is 11.3 Å². The van der Waals surface area contributed by atoms with Crippen LogP contribution < -0.4 is 0 Å². The van der Waals surface area contributed by atoms with Crippen molar-refractivity contribution in [2.45, 2.75) is 38.0 Å². The Bertz CT molecular complexity index is 350. The zero-order valence-corrected chi connectivity index (χ0v) is 9.06. The van der Waals surface area contributed by atoms with E-state index in [-0.39, 0.29) is 5.41 Å². The Labute approximate surface area is 87.6 Å². The molecule has 0 saturated heterocycles. The Morgan fingerprint density at radius 1 is 1.64 bits per heavy atom. The molecule has 0 amide bonds. The van der Waals surface area contributed by atoms with Crippen LogP contribution in [0.1, 0.15) is 36.1 Å². The minimum absolute atomic E-state index is 0.0237. The van der Waals surface area contributed by atoms with Gasteiger partial charge in [0.05, 0.1) is 6.42 Å². The van der Waals surface area contributed by atoms with Gasteiger partial charge in [0.25, 0.3) is 0 Å². The zero-order valence-electron chi connectivity index (χ0n) is 8.25. The normalized spacial score (nSPS) is 18.9. The van der Waals surface area contributed by atoms with Gasteiger partial charge in [0.15, 0.2) is 0 Å². The predicted octanol–water partition coefficient (Wildman–Crippen LogP) is 2.95. The first-order chi connectivity index (χ1) is 6.64. The lowest BCUT2D eigenvalue weighted by Crippen LogP contribution is -2.36. The maximum atomic E-state index is 10.8. The lowest BCUT2D eigenvalue weighted by atomic mass is 9.65. The maximum absolute atomic E-state index is 10.8. The number of hydrogen-bond acceptors (Lipinski definition) is 2. The van der Waals surface area contributed by atoms with Crippen LogP contribution in [0.3, 0.4) is 0 Å². The van der Waals surface area contributed by atoms with Gasteiger partial charge in [0.2, 0.25) is 0 Å². The Balaban J connectivity index is 2.29. The predicted molar refractivity (Wildman–Crippen MR) is 56.8 cm³/mol. The molecule has 2 rings (SSSR count). The van der Waals surface area contributed by atoms with Gasteiger partial charge >= 0.3 is 5.97 Å². The lowest BCUT2D eigenvalue weighted by molar-refractivity contribution is -0.139. The number of carboxylic acid groups (broad SMARTS) is 1. The second kappa shape index (κ2) is 3.39. The molecule has 0 unspecified atom stereocenters. The highest BCUT2D eigenvalue weighted by atomic mass is 32.1. The fourth-order valence-corrected chi connectivity index (χ4v) is 3.48. The van der Waals surface area contributed by atoms with Crippen LogP contribution in [0.25, 0.3) is 0 Å². The molecular weight excluding hydrogens is 196 g/mol. The fraction of sp³-hybridized carbons (Fsp3) is 0.545. The molecule has 1 N–H and O–H groups in total. The van der Waals surface area contributed by atoms with Crippen molar-refractivity contribution in [2.75, 3.05) is 0 Å². The number of aliphatic carboxylic acids is 1. The van der Waals surface area contributed by atoms with E-state index in [0.29, 0.717) is 6.42 Å². The monoisotopic (exact) mass is 210 g/mol. The summed E-state index contributed by atoms with van der Waals surface area (Å²) in [6.07, 6.45) is 3.56. The largest absolute Gasteiger partial charge is 0.481 e. The molecule has 0 atom stereocenters. The first-order valence-electron chi connectivity index (χ1n) is 4.90. The quantitative estimate of drug-likeness (QED) is 0.832. The molecule has 0 aliphatic heterocycles. The highest BCUT2D eigenvalue weighted by molar-refractivity contribution is 7.10. The molecule has 3 heteroatoms. The first kappa shape index (κ1) is 9.71. The van der Waals surface area contributed by atoms with Gasteiger partial charge in [-0.2, -0.15) is 0 Å². The van der Waals surface area contributed by atoms with Crippen LogP contribution in [0, 0.1) is 6.92 Å². The number of rotatable bonds is 3. The summed E-state index contributed by atoms with van der Waals surface area (Å²) >= 11 is 1.71. The van der Waals surface area contributed by atoms with Crippen molar-refractivity contribution >= 4 is 17.3 Å². The van der Waals surface area contributed by atoms with Gasteiger partial charge in [-0.1, -0.05) is 6.42 Å². The number of hydrogen-bond donors (Lipinski definition) is 1. The summed E-state index contributed by atoms with van der Waals surface area (Å²) in [5, 5.41) is 11.0. The summed E-state index contributed by atoms with van der Waals surface area (Å²) in [7, 11) is 0. The van der Waals surface area contributed by atoms with Gasteiger partial charge < -0.3 is 5.11 Å². The van der Waals surface area contributed by atoms with E-state index in [0.717, 1.165) is 12.8 Å². The molecule has 1 heterocycles. The van der Waals surface area contributed by atoms with Gasteiger partial charge in [0.1, 0.15) is 0 Å². The van der Waals surface area contributed by atoms with Gasteiger partial charge in [-0.15, -0.1) is 11.3 Å². The highest BCUT2D eigenvalue weighted by Gasteiger charge is 2.42. The van der Waals surface area contributed by atoms with Crippen molar-refractivity contribution in [3.63, 3.8) is 0 Å². The smallest absolute Gasteiger partial charge is 0.304 e. The van der Waals surface area contributed by atoms with Crippen LogP contribution in [-0.4, -0.2) is 11.1 Å². The van der Waals surface area contributed by atoms with Crippen LogP contribution in [0.15, 0.2) is 11.4 Å². The van der Waals surface area contributed by atoms with Crippen LogP contribution in [-0.2, 0) is 10.2 Å². The molecular formula is C11H14O2S. The zero-order chi connectivity index (χ0) is 10.2. The third-order valence-corrected chi connectivity index (χ3v) is 4.41. The summed E-state index contributed by atoms with van der Waals surface area (Å²) < 4.78 is 0. The number of carboxylic acids is 1. The minimum Gasteiger partial charge on any atom is -0.481 e. The molecule has 1 aromatic heterocycles. The minimum atomic E-state index is -0.669. The van der Waals surface area contributed by atoms with Gasteiger partial charge in [-0.05, 0) is 36.8 Å². The summed E-state index contributed by atoms with van der Waals surface area (Å²) in [6.45, 7) is 2.08. The maximum Gasteiger partial charge on any atom is 0.304 e. The summed E-state index contributed by atoms with van der Waals surface area (Å²) in [6, 6.07) is 2.09. The molecule has 0 spiro atoms. The van der Waals surface area contributed by atoms with Crippen molar-refractivity contribution in [3.05, 3.63) is 21.9 Å². The molecule has 1 aliphatic rings. The van der Waals surface area contributed by atoms with Crippen LogP contribution in [0.5, 0.6) is 0 Å². The highest BCUT2D eigenvalue weighted by Crippen LogP contribution is 2.49. The van der Waals surface area contributed by atoms with Crippen LogP contribution >= 0.6 is 11.3 Å². The average Bonchev–Trinajstić information content (AvgIpc) is 2.44. The van der Waals surface area contributed by atoms with Crippen molar-refractivity contribution in [3.8, 4) is 0 Å². The van der Waals surface area contributed by atoms with E-state index in [9.17, 15) is 4.79 Å². The number of thiophene rings is 1. The van der Waals surface area contributed by atoms with Gasteiger partial charge in [0, 0.05) is 10.3 Å². The second-order valence-corrected chi connectivity index (χ2v) is 5.05.